The van der Waals surface area contributed by atoms with E-state index in [2.05, 4.69) is 44.2 Å². The van der Waals surface area contributed by atoms with E-state index in [1.165, 1.54) is 5.56 Å². The van der Waals surface area contributed by atoms with Crippen LogP contribution in [0.3, 0.4) is 0 Å². The maximum absolute atomic E-state index is 5.77. The Morgan fingerprint density at radius 2 is 1.85 bits per heavy atom. The molecule has 0 aliphatic heterocycles. The van der Waals surface area contributed by atoms with Crippen LogP contribution in [0.25, 0.3) is 0 Å². The maximum Gasteiger partial charge on any atom is -0.00201 e. The van der Waals surface area contributed by atoms with Crippen molar-refractivity contribution in [3.8, 4) is 0 Å². The van der Waals surface area contributed by atoms with Gasteiger partial charge < -0.3 is 5.73 Å². The molecule has 1 aromatic rings. The quantitative estimate of drug-likeness (QED) is 0.751. The maximum atomic E-state index is 5.77. The van der Waals surface area contributed by atoms with Crippen LogP contribution < -0.4 is 5.73 Å². The van der Waals surface area contributed by atoms with Crippen molar-refractivity contribution in [1.82, 2.24) is 0 Å². The van der Waals surface area contributed by atoms with E-state index in [1.807, 2.05) is 0 Å². The molecule has 1 aromatic carbocycles. The predicted molar refractivity (Wildman–Crippen MR) is 57.6 cm³/mol. The van der Waals surface area contributed by atoms with Gasteiger partial charge in [-0.3, -0.25) is 0 Å². The lowest BCUT2D eigenvalue weighted by molar-refractivity contribution is 0.320. The number of benzene rings is 1. The fraction of sp³-hybridized carbons (Fsp3) is 0.500. The van der Waals surface area contributed by atoms with Gasteiger partial charge in [-0.25, -0.2) is 0 Å². The molecule has 1 nitrogen and oxygen atoms in total. The Kier molecular flexibility index (Phi) is 3.49. The summed E-state index contributed by atoms with van der Waals surface area (Å²) in [6, 6.07) is 10.6. The molecule has 1 unspecified atom stereocenters. The van der Waals surface area contributed by atoms with Crippen molar-refractivity contribution in [3.63, 3.8) is 0 Å². The summed E-state index contributed by atoms with van der Waals surface area (Å²) in [5.74, 6) is 0. The van der Waals surface area contributed by atoms with Crippen LogP contribution in [0.1, 0.15) is 25.8 Å². The lowest BCUT2D eigenvalue weighted by Gasteiger charge is -2.26. The largest absolute Gasteiger partial charge is 0.330 e. The van der Waals surface area contributed by atoms with E-state index >= 15 is 0 Å². The minimum Gasteiger partial charge on any atom is -0.330 e. The second-order valence-corrected chi connectivity index (χ2v) is 4.03. The molecule has 1 rings (SSSR count). The molecule has 2 N–H and O–H groups in total. The first-order valence-corrected chi connectivity index (χ1v) is 4.94. The summed E-state index contributed by atoms with van der Waals surface area (Å²) in [4.78, 5) is 0. The molecular formula is C12H19N. The number of nitrogens with two attached hydrogens (primary N) is 1. The summed E-state index contributed by atoms with van der Waals surface area (Å²) in [7, 11) is 0. The van der Waals surface area contributed by atoms with Crippen LogP contribution in [-0.2, 0) is 6.42 Å². The monoisotopic (exact) mass is 177 g/mol. The van der Waals surface area contributed by atoms with Gasteiger partial charge in [0.05, 0.1) is 0 Å². The van der Waals surface area contributed by atoms with Gasteiger partial charge in [0.25, 0.3) is 0 Å². The number of hydrogen-bond donors (Lipinski definition) is 1. The zero-order chi connectivity index (χ0) is 9.73. The van der Waals surface area contributed by atoms with Crippen LogP contribution in [-0.4, -0.2) is 6.54 Å². The van der Waals surface area contributed by atoms with E-state index in [0.717, 1.165) is 19.4 Å². The lowest BCUT2D eigenvalue weighted by atomic mass is 9.81. The zero-order valence-corrected chi connectivity index (χ0v) is 8.59. The van der Waals surface area contributed by atoms with E-state index in [0.29, 0.717) is 0 Å². The highest BCUT2D eigenvalue weighted by molar-refractivity contribution is 5.16. The first-order valence-electron chi connectivity index (χ1n) is 4.94. The molecule has 0 aliphatic carbocycles. The highest BCUT2D eigenvalue weighted by Gasteiger charge is 2.19. The molecule has 1 heteroatoms. The topological polar surface area (TPSA) is 26.0 Å². The molecule has 0 spiro atoms. The Morgan fingerprint density at radius 1 is 1.23 bits per heavy atom. The van der Waals surface area contributed by atoms with Crippen LogP contribution in [0, 0.1) is 5.41 Å². The average Bonchev–Trinajstić information content (AvgIpc) is 2.19. The fourth-order valence-electron chi connectivity index (χ4n) is 1.43. The second-order valence-electron chi connectivity index (χ2n) is 4.03. The summed E-state index contributed by atoms with van der Waals surface area (Å²) in [6.45, 7) is 5.22. The van der Waals surface area contributed by atoms with Crippen molar-refractivity contribution in [3.05, 3.63) is 35.9 Å². The van der Waals surface area contributed by atoms with Gasteiger partial charge in [-0.15, -0.1) is 0 Å². The first-order chi connectivity index (χ1) is 6.20. The van der Waals surface area contributed by atoms with Gasteiger partial charge in [0.2, 0.25) is 0 Å². The molecule has 0 amide bonds. The molecule has 0 saturated carbocycles. The molecule has 0 aliphatic rings. The molecule has 13 heavy (non-hydrogen) atoms. The Labute approximate surface area is 81.0 Å². The molecule has 0 heterocycles. The van der Waals surface area contributed by atoms with Crippen molar-refractivity contribution in [2.24, 2.45) is 11.1 Å². The van der Waals surface area contributed by atoms with Crippen LogP contribution in [0.5, 0.6) is 0 Å². The normalized spacial score (nSPS) is 15.3. The van der Waals surface area contributed by atoms with Crippen molar-refractivity contribution >= 4 is 0 Å². The van der Waals surface area contributed by atoms with Crippen LogP contribution >= 0.6 is 0 Å². The van der Waals surface area contributed by atoms with Crippen LogP contribution in [0.4, 0.5) is 0 Å². The van der Waals surface area contributed by atoms with E-state index in [1.54, 1.807) is 0 Å². The first kappa shape index (κ1) is 10.3. The van der Waals surface area contributed by atoms with Crippen molar-refractivity contribution in [2.75, 3.05) is 6.54 Å². The Morgan fingerprint density at radius 3 is 2.31 bits per heavy atom. The number of hydrogen-bond acceptors (Lipinski definition) is 1. The van der Waals surface area contributed by atoms with Crippen LogP contribution in [0.2, 0.25) is 0 Å². The standard InChI is InChI=1S/C12H19N/c1-3-12(2,10-13)9-11-7-5-4-6-8-11/h4-8H,3,9-10,13H2,1-2H3. The third-order valence-electron chi connectivity index (χ3n) is 2.82. The van der Waals surface area contributed by atoms with Gasteiger partial charge in [0.1, 0.15) is 0 Å². The van der Waals surface area contributed by atoms with Gasteiger partial charge in [0.15, 0.2) is 0 Å². The van der Waals surface area contributed by atoms with E-state index < -0.39 is 0 Å². The average molecular weight is 177 g/mol. The molecule has 0 aromatic heterocycles. The predicted octanol–water partition coefficient (Wildman–Crippen LogP) is 2.60. The second kappa shape index (κ2) is 4.43. The van der Waals surface area contributed by atoms with Gasteiger partial charge in [-0.1, -0.05) is 44.2 Å². The molecule has 0 fully saturated rings. The molecule has 0 bridgehead atoms. The lowest BCUT2D eigenvalue weighted by Crippen LogP contribution is -2.28. The minimum absolute atomic E-state index is 0.265. The van der Waals surface area contributed by atoms with Gasteiger partial charge in [-0.2, -0.15) is 0 Å². The Bertz CT molecular complexity index is 237. The summed E-state index contributed by atoms with van der Waals surface area (Å²) >= 11 is 0. The van der Waals surface area contributed by atoms with E-state index in [9.17, 15) is 0 Å². The molecule has 0 radical (unpaired) electrons. The molecular weight excluding hydrogens is 158 g/mol. The number of rotatable bonds is 4. The van der Waals surface area contributed by atoms with Crippen LogP contribution in [0.15, 0.2) is 30.3 Å². The molecule has 1 atom stereocenters. The zero-order valence-electron chi connectivity index (χ0n) is 8.59. The minimum atomic E-state index is 0.265. The SMILES string of the molecule is CCC(C)(CN)Cc1ccccc1. The summed E-state index contributed by atoms with van der Waals surface area (Å²) in [6.07, 6.45) is 2.22. The Balaban J connectivity index is 2.68. The van der Waals surface area contributed by atoms with E-state index in [4.69, 9.17) is 5.73 Å². The summed E-state index contributed by atoms with van der Waals surface area (Å²) in [5.41, 5.74) is 7.42. The highest BCUT2D eigenvalue weighted by atomic mass is 14.6. The summed E-state index contributed by atoms with van der Waals surface area (Å²) in [5, 5.41) is 0. The summed E-state index contributed by atoms with van der Waals surface area (Å²) < 4.78 is 0. The van der Waals surface area contributed by atoms with Crippen molar-refractivity contribution in [2.45, 2.75) is 26.7 Å². The van der Waals surface area contributed by atoms with Crippen molar-refractivity contribution < 1.29 is 0 Å². The fourth-order valence-corrected chi connectivity index (χ4v) is 1.43. The third-order valence-corrected chi connectivity index (χ3v) is 2.82. The third kappa shape index (κ3) is 2.85. The van der Waals surface area contributed by atoms with Gasteiger partial charge in [-0.05, 0) is 30.4 Å². The van der Waals surface area contributed by atoms with E-state index in [-0.39, 0.29) is 5.41 Å². The smallest absolute Gasteiger partial charge is 0.00201 e. The molecule has 0 saturated heterocycles. The van der Waals surface area contributed by atoms with Gasteiger partial charge >= 0.3 is 0 Å². The molecule has 72 valence electrons. The van der Waals surface area contributed by atoms with Crippen molar-refractivity contribution in [1.29, 1.82) is 0 Å². The highest BCUT2D eigenvalue weighted by Crippen LogP contribution is 2.24. The van der Waals surface area contributed by atoms with Gasteiger partial charge in [0, 0.05) is 0 Å². The Hall–Kier alpha value is -0.820.